The van der Waals surface area contributed by atoms with Gasteiger partial charge in [-0.05, 0) is 6.92 Å². The molecule has 0 aromatic carbocycles. The number of carbonyl (C=O) groups excluding carboxylic acids is 1. The monoisotopic (exact) mass is 240 g/mol. The normalized spacial score (nSPS) is 27.8. The van der Waals surface area contributed by atoms with Crippen LogP contribution in [0, 0.1) is 11.8 Å². The summed E-state index contributed by atoms with van der Waals surface area (Å²) in [4.78, 5) is 11.1. The van der Waals surface area contributed by atoms with Crippen molar-refractivity contribution in [3.63, 3.8) is 0 Å². The predicted octanol–water partition coefficient (Wildman–Crippen LogP) is -0.119. The topological polar surface area (TPSA) is 61.4 Å². The minimum Gasteiger partial charge on any atom is -0.391 e. The summed E-state index contributed by atoms with van der Waals surface area (Å²) < 4.78 is 36.5. The van der Waals surface area contributed by atoms with Gasteiger partial charge in [-0.25, -0.2) is 0 Å². The number of rotatable bonds is 3. The SMILES string of the molecule is CC(C(=O)NCC1CNCC1O)C(F)(F)F. The van der Waals surface area contributed by atoms with E-state index in [0.717, 1.165) is 6.92 Å². The van der Waals surface area contributed by atoms with Crippen LogP contribution in [0.25, 0.3) is 0 Å². The maximum absolute atomic E-state index is 12.2. The van der Waals surface area contributed by atoms with Gasteiger partial charge >= 0.3 is 6.18 Å². The average Bonchev–Trinajstić information content (AvgIpc) is 2.58. The third kappa shape index (κ3) is 3.34. The minimum absolute atomic E-state index is 0.0629. The van der Waals surface area contributed by atoms with Gasteiger partial charge in [0.05, 0.1) is 6.10 Å². The number of amides is 1. The highest BCUT2D eigenvalue weighted by atomic mass is 19.4. The Labute approximate surface area is 91.2 Å². The van der Waals surface area contributed by atoms with E-state index in [2.05, 4.69) is 10.6 Å². The summed E-state index contributed by atoms with van der Waals surface area (Å²) in [6.07, 6.45) is -5.13. The van der Waals surface area contributed by atoms with Crippen molar-refractivity contribution in [2.75, 3.05) is 19.6 Å². The zero-order valence-electron chi connectivity index (χ0n) is 8.84. The van der Waals surface area contributed by atoms with Crippen LogP contribution < -0.4 is 10.6 Å². The van der Waals surface area contributed by atoms with Crippen molar-refractivity contribution in [3.8, 4) is 0 Å². The molecule has 7 heteroatoms. The fraction of sp³-hybridized carbons (Fsp3) is 0.889. The summed E-state index contributed by atoms with van der Waals surface area (Å²) in [5.41, 5.74) is 0. The minimum atomic E-state index is -4.52. The molecule has 0 spiro atoms. The molecule has 94 valence electrons. The molecule has 1 aliphatic rings. The van der Waals surface area contributed by atoms with E-state index in [1.807, 2.05) is 0 Å². The van der Waals surface area contributed by atoms with E-state index in [1.165, 1.54) is 0 Å². The van der Waals surface area contributed by atoms with Crippen molar-refractivity contribution < 1.29 is 23.1 Å². The van der Waals surface area contributed by atoms with Gasteiger partial charge in [-0.1, -0.05) is 0 Å². The number of carbonyl (C=O) groups is 1. The molecule has 3 N–H and O–H groups in total. The lowest BCUT2D eigenvalue weighted by atomic mass is 10.1. The highest BCUT2D eigenvalue weighted by Crippen LogP contribution is 2.25. The van der Waals surface area contributed by atoms with Crippen molar-refractivity contribution in [2.45, 2.75) is 19.2 Å². The van der Waals surface area contributed by atoms with E-state index in [4.69, 9.17) is 0 Å². The summed E-state index contributed by atoms with van der Waals surface area (Å²) in [5, 5.41) is 14.4. The number of halogens is 3. The fourth-order valence-corrected chi connectivity index (χ4v) is 1.46. The maximum atomic E-state index is 12.2. The van der Waals surface area contributed by atoms with Crippen molar-refractivity contribution in [2.24, 2.45) is 11.8 Å². The second kappa shape index (κ2) is 5.01. The number of nitrogens with one attached hydrogen (secondary N) is 2. The van der Waals surface area contributed by atoms with Crippen molar-refractivity contribution in [3.05, 3.63) is 0 Å². The van der Waals surface area contributed by atoms with E-state index in [1.54, 1.807) is 0 Å². The first-order chi connectivity index (χ1) is 7.32. The lowest BCUT2D eigenvalue weighted by Crippen LogP contribution is -2.41. The summed E-state index contributed by atoms with van der Waals surface area (Å²) in [7, 11) is 0. The van der Waals surface area contributed by atoms with Crippen LogP contribution in [0.1, 0.15) is 6.92 Å². The first-order valence-corrected chi connectivity index (χ1v) is 5.05. The number of aliphatic hydroxyl groups excluding tert-OH is 1. The summed E-state index contributed by atoms with van der Waals surface area (Å²) >= 11 is 0. The quantitative estimate of drug-likeness (QED) is 0.644. The third-order valence-electron chi connectivity index (χ3n) is 2.73. The molecule has 0 saturated carbocycles. The van der Waals surface area contributed by atoms with Crippen LogP contribution in [-0.4, -0.2) is 42.9 Å². The van der Waals surface area contributed by atoms with Crippen LogP contribution in [0.2, 0.25) is 0 Å². The van der Waals surface area contributed by atoms with Gasteiger partial charge in [0.15, 0.2) is 0 Å². The Balaban J connectivity index is 2.35. The second-order valence-corrected chi connectivity index (χ2v) is 3.99. The van der Waals surface area contributed by atoms with Gasteiger partial charge in [-0.2, -0.15) is 13.2 Å². The number of aliphatic hydroxyl groups is 1. The average molecular weight is 240 g/mol. The third-order valence-corrected chi connectivity index (χ3v) is 2.73. The molecule has 0 radical (unpaired) electrons. The lowest BCUT2D eigenvalue weighted by molar-refractivity contribution is -0.178. The van der Waals surface area contributed by atoms with Crippen LogP contribution in [0.5, 0.6) is 0 Å². The van der Waals surface area contributed by atoms with Crippen molar-refractivity contribution >= 4 is 5.91 Å². The Kier molecular flexibility index (Phi) is 4.15. The molecule has 1 aliphatic heterocycles. The van der Waals surface area contributed by atoms with Gasteiger partial charge in [-0.15, -0.1) is 0 Å². The van der Waals surface area contributed by atoms with E-state index < -0.39 is 24.1 Å². The second-order valence-electron chi connectivity index (χ2n) is 3.99. The van der Waals surface area contributed by atoms with E-state index in [9.17, 15) is 23.1 Å². The highest BCUT2D eigenvalue weighted by Gasteiger charge is 2.41. The molecule has 16 heavy (non-hydrogen) atoms. The first kappa shape index (κ1) is 13.2. The predicted molar refractivity (Wildman–Crippen MR) is 50.6 cm³/mol. The molecular weight excluding hydrogens is 225 g/mol. The number of hydrogen-bond acceptors (Lipinski definition) is 3. The van der Waals surface area contributed by atoms with E-state index in [0.29, 0.717) is 13.1 Å². The summed E-state index contributed by atoms with van der Waals surface area (Å²) in [6, 6.07) is 0. The van der Waals surface area contributed by atoms with Crippen LogP contribution in [-0.2, 0) is 4.79 Å². The largest absolute Gasteiger partial charge is 0.400 e. The molecule has 1 fully saturated rings. The molecule has 1 amide bonds. The Morgan fingerprint density at radius 3 is 2.62 bits per heavy atom. The van der Waals surface area contributed by atoms with Crippen LogP contribution in [0.4, 0.5) is 13.2 Å². The smallest absolute Gasteiger partial charge is 0.391 e. The zero-order valence-corrected chi connectivity index (χ0v) is 8.84. The van der Waals surface area contributed by atoms with Gasteiger partial charge in [0.25, 0.3) is 0 Å². The van der Waals surface area contributed by atoms with Crippen LogP contribution in [0.3, 0.4) is 0 Å². The molecule has 0 bridgehead atoms. The Hall–Kier alpha value is -0.820. The molecule has 0 aromatic heterocycles. The maximum Gasteiger partial charge on any atom is 0.400 e. The Morgan fingerprint density at radius 1 is 1.56 bits per heavy atom. The molecule has 0 aromatic rings. The molecule has 3 unspecified atom stereocenters. The zero-order chi connectivity index (χ0) is 12.3. The highest BCUT2D eigenvalue weighted by molar-refractivity contribution is 5.79. The van der Waals surface area contributed by atoms with Crippen molar-refractivity contribution in [1.82, 2.24) is 10.6 Å². The first-order valence-electron chi connectivity index (χ1n) is 5.05. The molecule has 0 aliphatic carbocycles. The molecule has 3 atom stereocenters. The van der Waals surface area contributed by atoms with E-state index in [-0.39, 0.29) is 12.5 Å². The van der Waals surface area contributed by atoms with Crippen LogP contribution in [0.15, 0.2) is 0 Å². The Morgan fingerprint density at radius 2 is 2.19 bits per heavy atom. The molecule has 1 heterocycles. The van der Waals surface area contributed by atoms with Gasteiger partial charge in [-0.3, -0.25) is 4.79 Å². The molecular formula is C9H15F3N2O2. The number of alkyl halides is 3. The summed E-state index contributed by atoms with van der Waals surface area (Å²) in [5.74, 6) is -3.28. The lowest BCUT2D eigenvalue weighted by Gasteiger charge is -2.18. The van der Waals surface area contributed by atoms with Gasteiger partial charge in [0.1, 0.15) is 5.92 Å². The van der Waals surface area contributed by atoms with Crippen molar-refractivity contribution in [1.29, 1.82) is 0 Å². The standard InChI is InChI=1S/C9H15F3N2O2/c1-5(9(10,11)12)8(16)14-3-6-2-13-4-7(6)15/h5-7,13,15H,2-4H2,1H3,(H,14,16). The number of β-amino-alcohol motifs (C(OH)–C–C–N with tert-alkyl or cyclic N) is 1. The van der Waals surface area contributed by atoms with E-state index >= 15 is 0 Å². The Bertz CT molecular complexity index is 258. The van der Waals surface area contributed by atoms with Gasteiger partial charge < -0.3 is 15.7 Å². The van der Waals surface area contributed by atoms with Crippen LogP contribution >= 0.6 is 0 Å². The van der Waals surface area contributed by atoms with Gasteiger partial charge in [0, 0.05) is 25.6 Å². The van der Waals surface area contributed by atoms with Gasteiger partial charge in [0.2, 0.25) is 5.91 Å². The fourth-order valence-electron chi connectivity index (χ4n) is 1.46. The number of hydrogen-bond donors (Lipinski definition) is 3. The summed E-state index contributed by atoms with van der Waals surface area (Å²) in [6.45, 7) is 1.79. The molecule has 4 nitrogen and oxygen atoms in total. The molecule has 1 rings (SSSR count). The molecule has 1 saturated heterocycles.